The fraction of sp³-hybridized carbons (Fsp3) is 0.333. The molecule has 1 N–H and O–H groups in total. The lowest BCUT2D eigenvalue weighted by molar-refractivity contribution is 0.579. The Morgan fingerprint density at radius 1 is 1.05 bits per heavy atom. The molecule has 0 bridgehead atoms. The van der Waals surface area contributed by atoms with Gasteiger partial charge in [-0.1, -0.05) is 42.0 Å². The van der Waals surface area contributed by atoms with Crippen LogP contribution in [0.2, 0.25) is 0 Å². The molecule has 0 spiro atoms. The monoisotopic (exact) mass is 271 g/mol. The highest BCUT2D eigenvalue weighted by Gasteiger charge is 2.13. The van der Waals surface area contributed by atoms with Crippen molar-refractivity contribution in [3.8, 4) is 0 Å². The van der Waals surface area contributed by atoms with Crippen molar-refractivity contribution in [2.75, 3.05) is 7.05 Å². The Balaban J connectivity index is 2.29. The summed E-state index contributed by atoms with van der Waals surface area (Å²) in [6, 6.07) is 12.6. The Morgan fingerprint density at radius 2 is 1.70 bits per heavy atom. The van der Waals surface area contributed by atoms with E-state index in [9.17, 15) is 4.39 Å². The topological polar surface area (TPSA) is 12.0 Å². The van der Waals surface area contributed by atoms with Crippen molar-refractivity contribution in [1.82, 2.24) is 5.32 Å². The van der Waals surface area contributed by atoms with E-state index in [1.165, 1.54) is 11.1 Å². The molecule has 0 fully saturated rings. The average Bonchev–Trinajstić information content (AvgIpc) is 2.41. The molecule has 2 heteroatoms. The third-order valence-electron chi connectivity index (χ3n) is 3.73. The van der Waals surface area contributed by atoms with Gasteiger partial charge in [-0.2, -0.15) is 0 Å². The first-order valence-corrected chi connectivity index (χ1v) is 7.00. The van der Waals surface area contributed by atoms with Crippen LogP contribution in [0.4, 0.5) is 4.39 Å². The molecule has 0 aliphatic carbocycles. The highest BCUT2D eigenvalue weighted by Crippen LogP contribution is 2.23. The first-order chi connectivity index (χ1) is 9.51. The number of benzene rings is 2. The fourth-order valence-corrected chi connectivity index (χ4v) is 2.64. The number of hydrogen-bond acceptors (Lipinski definition) is 1. The smallest absolute Gasteiger partial charge is 0.129 e. The van der Waals surface area contributed by atoms with Gasteiger partial charge in [-0.15, -0.1) is 0 Å². The minimum atomic E-state index is -0.0980. The van der Waals surface area contributed by atoms with Crippen LogP contribution in [-0.4, -0.2) is 7.05 Å². The Hall–Kier alpha value is -1.67. The van der Waals surface area contributed by atoms with Gasteiger partial charge in [0, 0.05) is 6.04 Å². The van der Waals surface area contributed by atoms with Crippen LogP contribution < -0.4 is 5.32 Å². The summed E-state index contributed by atoms with van der Waals surface area (Å²) in [4.78, 5) is 0. The van der Waals surface area contributed by atoms with E-state index in [1.807, 2.05) is 33.0 Å². The van der Waals surface area contributed by atoms with E-state index in [2.05, 4.69) is 36.5 Å². The van der Waals surface area contributed by atoms with E-state index >= 15 is 0 Å². The number of hydrogen-bond donors (Lipinski definition) is 1. The van der Waals surface area contributed by atoms with Crippen LogP contribution in [0.5, 0.6) is 0 Å². The summed E-state index contributed by atoms with van der Waals surface area (Å²) >= 11 is 0. The van der Waals surface area contributed by atoms with Crippen molar-refractivity contribution in [3.63, 3.8) is 0 Å². The fourth-order valence-electron chi connectivity index (χ4n) is 2.64. The summed E-state index contributed by atoms with van der Waals surface area (Å²) in [6.07, 6.45) is 0.905. The lowest BCUT2D eigenvalue weighted by Gasteiger charge is -2.19. The first-order valence-electron chi connectivity index (χ1n) is 7.00. The predicted molar refractivity (Wildman–Crippen MR) is 82.6 cm³/mol. The molecule has 0 amide bonds. The number of likely N-dealkylation sites (N-methyl/N-ethyl adjacent to an activating group) is 1. The number of nitrogens with one attached hydrogen (secondary N) is 1. The Bertz CT molecular complexity index is 581. The predicted octanol–water partition coefficient (Wildman–Crippen LogP) is 4.25. The van der Waals surface area contributed by atoms with Crippen LogP contribution >= 0.6 is 0 Å². The molecule has 2 aromatic rings. The molecule has 1 atom stereocenters. The van der Waals surface area contributed by atoms with Crippen LogP contribution in [0.1, 0.15) is 33.9 Å². The van der Waals surface area contributed by atoms with Gasteiger partial charge in [0.1, 0.15) is 5.82 Å². The summed E-state index contributed by atoms with van der Waals surface area (Å²) in [5.74, 6) is -0.0980. The van der Waals surface area contributed by atoms with Gasteiger partial charge in [0.15, 0.2) is 0 Å². The molecular weight excluding hydrogens is 249 g/mol. The summed E-state index contributed by atoms with van der Waals surface area (Å²) in [5.41, 5.74) is 5.13. The van der Waals surface area contributed by atoms with Gasteiger partial charge < -0.3 is 5.32 Å². The minimum Gasteiger partial charge on any atom is -0.313 e. The number of rotatable bonds is 4. The minimum absolute atomic E-state index is 0.0980. The van der Waals surface area contributed by atoms with Gasteiger partial charge in [0.25, 0.3) is 0 Å². The Labute approximate surface area is 120 Å². The lowest BCUT2D eigenvalue weighted by atomic mass is 9.95. The molecule has 1 nitrogen and oxygen atoms in total. The van der Waals surface area contributed by atoms with E-state index in [-0.39, 0.29) is 11.9 Å². The van der Waals surface area contributed by atoms with Crippen LogP contribution in [0.25, 0.3) is 0 Å². The molecule has 0 radical (unpaired) electrons. The molecule has 0 saturated carbocycles. The van der Waals surface area contributed by atoms with Crippen LogP contribution in [0, 0.1) is 26.6 Å². The number of aryl methyl sites for hydroxylation is 3. The second-order valence-electron chi connectivity index (χ2n) is 5.50. The van der Waals surface area contributed by atoms with Gasteiger partial charge in [0.2, 0.25) is 0 Å². The van der Waals surface area contributed by atoms with Gasteiger partial charge in [-0.25, -0.2) is 4.39 Å². The van der Waals surface area contributed by atoms with Crippen molar-refractivity contribution in [2.24, 2.45) is 0 Å². The molecule has 2 rings (SSSR count). The maximum absolute atomic E-state index is 13.7. The zero-order valence-electron chi connectivity index (χ0n) is 12.6. The van der Waals surface area contributed by atoms with Crippen LogP contribution in [-0.2, 0) is 6.42 Å². The highest BCUT2D eigenvalue weighted by atomic mass is 19.1. The van der Waals surface area contributed by atoms with Gasteiger partial charge in [0.05, 0.1) is 0 Å². The second-order valence-corrected chi connectivity index (χ2v) is 5.50. The average molecular weight is 271 g/mol. The van der Waals surface area contributed by atoms with Crippen molar-refractivity contribution in [1.29, 1.82) is 0 Å². The first kappa shape index (κ1) is 14.7. The van der Waals surface area contributed by atoms with Gasteiger partial charge >= 0.3 is 0 Å². The second kappa shape index (κ2) is 6.19. The summed E-state index contributed by atoms with van der Waals surface area (Å²) in [5, 5.41) is 3.34. The highest BCUT2D eigenvalue weighted by molar-refractivity contribution is 5.34. The third kappa shape index (κ3) is 3.26. The van der Waals surface area contributed by atoms with E-state index in [4.69, 9.17) is 0 Å². The lowest BCUT2D eigenvalue weighted by Crippen LogP contribution is -2.19. The molecule has 2 aromatic carbocycles. The zero-order chi connectivity index (χ0) is 14.7. The van der Waals surface area contributed by atoms with Gasteiger partial charge in [-0.3, -0.25) is 0 Å². The molecular formula is C18H22FN. The standard InChI is InChI=1S/C18H22FN/c1-12-6-5-7-15(8-12)11-17(20-4)16-9-13(2)18(19)14(3)10-16/h5-10,17,20H,11H2,1-4H3. The quantitative estimate of drug-likeness (QED) is 0.876. The SMILES string of the molecule is CNC(Cc1cccc(C)c1)c1cc(C)c(F)c(C)c1. The van der Waals surface area contributed by atoms with E-state index in [0.29, 0.717) is 11.1 Å². The van der Waals surface area contributed by atoms with Crippen LogP contribution in [0.15, 0.2) is 36.4 Å². The molecule has 0 aromatic heterocycles. The third-order valence-corrected chi connectivity index (χ3v) is 3.73. The summed E-state index contributed by atoms with van der Waals surface area (Å²) < 4.78 is 13.7. The van der Waals surface area contributed by atoms with E-state index in [0.717, 1.165) is 12.0 Å². The maximum atomic E-state index is 13.7. The summed E-state index contributed by atoms with van der Waals surface area (Å²) in [7, 11) is 1.95. The zero-order valence-corrected chi connectivity index (χ0v) is 12.6. The molecule has 1 unspecified atom stereocenters. The number of halogens is 1. The van der Waals surface area contributed by atoms with E-state index < -0.39 is 0 Å². The van der Waals surface area contributed by atoms with Crippen molar-refractivity contribution in [3.05, 3.63) is 70.0 Å². The molecule has 0 heterocycles. The largest absolute Gasteiger partial charge is 0.313 e. The maximum Gasteiger partial charge on any atom is 0.129 e. The van der Waals surface area contributed by atoms with Crippen molar-refractivity contribution in [2.45, 2.75) is 33.2 Å². The molecule has 106 valence electrons. The summed E-state index contributed by atoms with van der Waals surface area (Å²) in [6.45, 7) is 5.75. The Kier molecular flexibility index (Phi) is 4.56. The van der Waals surface area contributed by atoms with E-state index in [1.54, 1.807) is 0 Å². The van der Waals surface area contributed by atoms with Gasteiger partial charge in [-0.05, 0) is 56.5 Å². The molecule has 0 aliphatic heterocycles. The molecule has 0 saturated heterocycles. The van der Waals surface area contributed by atoms with Crippen LogP contribution in [0.3, 0.4) is 0 Å². The Morgan fingerprint density at radius 3 is 2.25 bits per heavy atom. The molecule has 20 heavy (non-hydrogen) atoms. The molecule has 0 aliphatic rings. The van der Waals surface area contributed by atoms with Crippen molar-refractivity contribution >= 4 is 0 Å². The normalized spacial score (nSPS) is 12.4. The van der Waals surface area contributed by atoms with Crippen molar-refractivity contribution < 1.29 is 4.39 Å².